The molecule has 1 aromatic heterocycles. The van der Waals surface area contributed by atoms with Crippen LogP contribution in [0, 0.1) is 30.6 Å². The van der Waals surface area contributed by atoms with Gasteiger partial charge in [-0.05, 0) is 56.2 Å². The van der Waals surface area contributed by atoms with Crippen LogP contribution in [-0.2, 0) is 19.1 Å². The van der Waals surface area contributed by atoms with E-state index >= 15 is 0 Å². The number of ether oxygens (including phenoxy) is 1. The molecule has 0 unspecified atom stereocenters. The van der Waals surface area contributed by atoms with Crippen LogP contribution < -0.4 is 10.2 Å². The van der Waals surface area contributed by atoms with Gasteiger partial charge in [-0.25, -0.2) is 4.79 Å². The van der Waals surface area contributed by atoms with E-state index in [4.69, 9.17) is 9.26 Å². The lowest BCUT2D eigenvalue weighted by molar-refractivity contribution is -0.123. The van der Waals surface area contributed by atoms with Gasteiger partial charge < -0.3 is 14.6 Å². The molecule has 9 heteroatoms. The van der Waals surface area contributed by atoms with Crippen molar-refractivity contribution in [1.82, 2.24) is 5.16 Å². The Morgan fingerprint density at radius 3 is 2.52 bits per heavy atom. The molecule has 2 heterocycles. The highest BCUT2D eigenvalue weighted by Gasteiger charge is 2.61. The van der Waals surface area contributed by atoms with Crippen molar-refractivity contribution < 1.29 is 28.4 Å². The number of aromatic nitrogens is 1. The maximum Gasteiger partial charge on any atom is 0.338 e. The summed E-state index contributed by atoms with van der Waals surface area (Å²) in [5.74, 6) is -0.758. The molecule has 160 valence electrons. The minimum atomic E-state index is -0.729. The number of rotatable bonds is 5. The molecule has 1 N–H and O–H groups in total. The zero-order valence-corrected chi connectivity index (χ0v) is 16.9. The summed E-state index contributed by atoms with van der Waals surface area (Å²) >= 11 is 0. The number of nitrogens with zero attached hydrogens (tertiary/aromatic N) is 2. The molecule has 2 aromatic rings. The summed E-state index contributed by atoms with van der Waals surface area (Å²) < 4.78 is 9.91. The Balaban J connectivity index is 1.26. The number of hydrogen-bond donors (Lipinski definition) is 1. The number of nitrogens with one attached hydrogen (secondary N) is 1. The van der Waals surface area contributed by atoms with E-state index in [9.17, 15) is 19.2 Å². The monoisotopic (exact) mass is 423 g/mol. The minimum Gasteiger partial charge on any atom is -0.452 e. The van der Waals surface area contributed by atoms with Gasteiger partial charge in [0, 0.05) is 6.07 Å². The lowest BCUT2D eigenvalue weighted by Gasteiger charge is -2.19. The van der Waals surface area contributed by atoms with Crippen molar-refractivity contribution in [2.75, 3.05) is 16.8 Å². The molecule has 2 bridgehead atoms. The highest BCUT2D eigenvalue weighted by atomic mass is 16.5. The van der Waals surface area contributed by atoms with E-state index in [-0.39, 0.29) is 46.9 Å². The summed E-state index contributed by atoms with van der Waals surface area (Å²) in [5, 5.41) is 6.09. The number of hydrogen-bond acceptors (Lipinski definition) is 7. The smallest absolute Gasteiger partial charge is 0.338 e. The molecule has 31 heavy (non-hydrogen) atoms. The second-order valence-corrected chi connectivity index (χ2v) is 8.39. The average molecular weight is 423 g/mol. The molecular formula is C22H21N3O6. The quantitative estimate of drug-likeness (QED) is 0.579. The maximum absolute atomic E-state index is 13.0. The fourth-order valence-corrected chi connectivity index (χ4v) is 5.25. The van der Waals surface area contributed by atoms with E-state index in [1.165, 1.54) is 23.1 Å². The number of amides is 3. The number of fused-ring (bicyclic) bond motifs is 5. The van der Waals surface area contributed by atoms with Crippen LogP contribution in [0.4, 0.5) is 11.5 Å². The lowest BCUT2D eigenvalue weighted by atomic mass is 9.81. The van der Waals surface area contributed by atoms with Crippen LogP contribution in [-0.4, -0.2) is 35.5 Å². The van der Waals surface area contributed by atoms with Gasteiger partial charge in [-0.1, -0.05) is 11.2 Å². The first-order valence-corrected chi connectivity index (χ1v) is 10.3. The van der Waals surface area contributed by atoms with Crippen LogP contribution in [0.5, 0.6) is 0 Å². The number of anilines is 2. The fraction of sp³-hybridized carbons (Fsp3) is 0.409. The Kier molecular flexibility index (Phi) is 4.60. The third kappa shape index (κ3) is 3.30. The summed E-state index contributed by atoms with van der Waals surface area (Å²) in [4.78, 5) is 51.5. The van der Waals surface area contributed by atoms with Gasteiger partial charge in [-0.15, -0.1) is 0 Å². The molecule has 1 aromatic carbocycles. The van der Waals surface area contributed by atoms with E-state index in [2.05, 4.69) is 10.5 Å². The zero-order chi connectivity index (χ0) is 21.7. The van der Waals surface area contributed by atoms with Crippen molar-refractivity contribution in [1.29, 1.82) is 0 Å². The zero-order valence-electron chi connectivity index (χ0n) is 16.9. The highest BCUT2D eigenvalue weighted by molar-refractivity contribution is 6.22. The lowest BCUT2D eigenvalue weighted by Crippen LogP contribution is -2.32. The van der Waals surface area contributed by atoms with Crippen LogP contribution in [0.3, 0.4) is 0 Å². The van der Waals surface area contributed by atoms with Gasteiger partial charge in [0.1, 0.15) is 5.76 Å². The normalized spacial score (nSPS) is 26.3. The number of carbonyl (C=O) groups excluding carboxylic acids is 4. The summed E-state index contributed by atoms with van der Waals surface area (Å²) in [6.07, 6.45) is 2.96. The van der Waals surface area contributed by atoms with E-state index in [1.54, 1.807) is 19.1 Å². The summed E-state index contributed by atoms with van der Waals surface area (Å²) in [6.45, 7) is 1.17. The van der Waals surface area contributed by atoms with Gasteiger partial charge in [-0.2, -0.15) is 0 Å². The predicted molar refractivity (Wildman–Crippen MR) is 107 cm³/mol. The van der Waals surface area contributed by atoms with E-state index < -0.39 is 18.5 Å². The van der Waals surface area contributed by atoms with Crippen LogP contribution >= 0.6 is 0 Å². The van der Waals surface area contributed by atoms with E-state index in [1.807, 2.05) is 0 Å². The minimum absolute atomic E-state index is 0.156. The maximum atomic E-state index is 13.0. The Bertz CT molecular complexity index is 1060. The summed E-state index contributed by atoms with van der Waals surface area (Å²) in [6, 6.07) is 7.73. The van der Waals surface area contributed by atoms with Gasteiger partial charge in [0.15, 0.2) is 12.4 Å². The first-order valence-electron chi connectivity index (χ1n) is 10.3. The van der Waals surface area contributed by atoms with Gasteiger partial charge in [0.25, 0.3) is 5.91 Å². The molecule has 3 amide bonds. The van der Waals surface area contributed by atoms with Crippen molar-refractivity contribution >= 4 is 35.2 Å². The number of carbonyl (C=O) groups is 4. The second kappa shape index (κ2) is 7.33. The number of imide groups is 1. The van der Waals surface area contributed by atoms with Gasteiger partial charge in [0.05, 0.1) is 23.1 Å². The molecule has 1 saturated heterocycles. The third-order valence-electron chi connectivity index (χ3n) is 6.50. The molecular weight excluding hydrogens is 402 g/mol. The Hall–Kier alpha value is -3.49. The molecule has 3 fully saturated rings. The SMILES string of the molecule is Cc1cc(NC(=O)COC(=O)c2cccc(N3C(=O)[C@H]4[C@H]5CC[C@@H](C5)[C@@H]4C3=O)c2)no1. The third-order valence-corrected chi connectivity index (χ3v) is 6.50. The largest absolute Gasteiger partial charge is 0.452 e. The molecule has 4 atom stereocenters. The first kappa shape index (κ1) is 19.5. The van der Waals surface area contributed by atoms with Crippen LogP contribution in [0.2, 0.25) is 0 Å². The van der Waals surface area contributed by atoms with Crippen LogP contribution in [0.1, 0.15) is 35.4 Å². The topological polar surface area (TPSA) is 119 Å². The number of benzene rings is 1. The fourth-order valence-electron chi connectivity index (χ4n) is 5.25. The van der Waals surface area contributed by atoms with Crippen molar-refractivity contribution in [3.63, 3.8) is 0 Å². The molecule has 1 aliphatic heterocycles. The Labute approximate surface area is 177 Å². The molecule has 2 aliphatic carbocycles. The van der Waals surface area contributed by atoms with Crippen molar-refractivity contribution in [2.24, 2.45) is 23.7 Å². The van der Waals surface area contributed by atoms with Crippen LogP contribution in [0.15, 0.2) is 34.9 Å². The summed E-state index contributed by atoms with van der Waals surface area (Å²) in [5.41, 5.74) is 0.518. The van der Waals surface area contributed by atoms with E-state index in [0.29, 0.717) is 11.4 Å². The van der Waals surface area contributed by atoms with Crippen molar-refractivity contribution in [3.8, 4) is 0 Å². The van der Waals surface area contributed by atoms with Gasteiger partial charge >= 0.3 is 5.97 Å². The first-order chi connectivity index (χ1) is 14.9. The molecule has 0 spiro atoms. The van der Waals surface area contributed by atoms with Crippen molar-refractivity contribution in [2.45, 2.75) is 26.2 Å². The molecule has 0 radical (unpaired) electrons. The number of aryl methyl sites for hydroxylation is 1. The van der Waals surface area contributed by atoms with E-state index in [0.717, 1.165) is 19.3 Å². The summed E-state index contributed by atoms with van der Waals surface area (Å²) in [7, 11) is 0. The highest BCUT2D eigenvalue weighted by Crippen LogP contribution is 2.56. The molecule has 9 nitrogen and oxygen atoms in total. The average Bonchev–Trinajstić information content (AvgIpc) is 3.51. The van der Waals surface area contributed by atoms with Gasteiger partial charge in [0.2, 0.25) is 11.8 Å². The molecule has 2 saturated carbocycles. The van der Waals surface area contributed by atoms with Crippen molar-refractivity contribution in [3.05, 3.63) is 41.7 Å². The predicted octanol–water partition coefficient (Wildman–Crippen LogP) is 2.31. The molecule has 5 rings (SSSR count). The van der Waals surface area contributed by atoms with Crippen LogP contribution in [0.25, 0.3) is 0 Å². The Morgan fingerprint density at radius 2 is 1.87 bits per heavy atom. The number of esters is 1. The second-order valence-electron chi connectivity index (χ2n) is 8.39. The van der Waals surface area contributed by atoms with Gasteiger partial charge in [-0.3, -0.25) is 19.3 Å². The standard InChI is InChI=1S/C22H21N3O6/c1-11-7-16(24-31-11)23-17(26)10-30-22(29)14-3-2-4-15(9-14)25-20(27)18-12-5-6-13(8-12)19(18)21(25)28/h2-4,7,9,12-13,18-19H,5-6,8,10H2,1H3,(H,23,24,26)/t12-,13-,18-,19-/m0/s1. The molecule has 3 aliphatic rings. The Morgan fingerprint density at radius 1 is 1.16 bits per heavy atom.